The van der Waals surface area contributed by atoms with Crippen LogP contribution in [0.2, 0.25) is 0 Å². The lowest BCUT2D eigenvalue weighted by molar-refractivity contribution is -0.122. The Bertz CT molecular complexity index is 656. The van der Waals surface area contributed by atoms with E-state index in [4.69, 9.17) is 4.74 Å². The lowest BCUT2D eigenvalue weighted by Gasteiger charge is -2.26. The Balaban J connectivity index is 1.51. The Labute approximate surface area is 133 Å². The molecule has 3 heterocycles. The van der Waals surface area contributed by atoms with E-state index in [0.717, 1.165) is 25.1 Å². The van der Waals surface area contributed by atoms with E-state index in [1.54, 1.807) is 13.3 Å². The van der Waals surface area contributed by atoms with Crippen molar-refractivity contribution in [1.29, 1.82) is 0 Å². The van der Waals surface area contributed by atoms with Crippen molar-refractivity contribution in [3.63, 3.8) is 0 Å². The molecule has 1 amide bonds. The molecule has 0 atom stereocenters. The Morgan fingerprint density at radius 2 is 2.41 bits per heavy atom. The third kappa shape index (κ3) is 3.45. The monoisotopic (exact) mass is 317 g/mol. The summed E-state index contributed by atoms with van der Waals surface area (Å²) in [6.07, 6.45) is 2.72. The van der Waals surface area contributed by atoms with Crippen molar-refractivity contribution in [3.05, 3.63) is 45.8 Å². The maximum atomic E-state index is 12.1. The first kappa shape index (κ1) is 15.0. The molecule has 1 aliphatic rings. The minimum absolute atomic E-state index is 0.0320. The summed E-state index contributed by atoms with van der Waals surface area (Å²) in [5, 5.41) is 5.07. The number of methoxy groups -OCH3 is 1. The number of ether oxygens (including phenoxy) is 1. The van der Waals surface area contributed by atoms with E-state index in [9.17, 15) is 4.79 Å². The van der Waals surface area contributed by atoms with Crippen molar-refractivity contribution in [3.8, 4) is 5.88 Å². The van der Waals surface area contributed by atoms with Crippen LogP contribution < -0.4 is 10.1 Å². The number of hydrogen-bond donors (Lipinski definition) is 1. The van der Waals surface area contributed by atoms with Gasteiger partial charge in [-0.15, -0.1) is 11.3 Å². The van der Waals surface area contributed by atoms with Crippen LogP contribution in [0.1, 0.15) is 16.0 Å². The first-order chi connectivity index (χ1) is 10.8. The van der Waals surface area contributed by atoms with Crippen LogP contribution in [0, 0.1) is 0 Å². The van der Waals surface area contributed by atoms with Crippen molar-refractivity contribution in [2.24, 2.45) is 0 Å². The number of nitrogens with zero attached hydrogens (tertiary/aromatic N) is 2. The smallest absolute Gasteiger partial charge is 0.234 e. The van der Waals surface area contributed by atoms with Gasteiger partial charge in [-0.1, -0.05) is 6.07 Å². The van der Waals surface area contributed by atoms with Gasteiger partial charge in [0.2, 0.25) is 11.8 Å². The molecule has 0 saturated heterocycles. The van der Waals surface area contributed by atoms with Crippen molar-refractivity contribution in [2.45, 2.75) is 19.5 Å². The summed E-state index contributed by atoms with van der Waals surface area (Å²) in [5.41, 5.74) is 2.25. The molecule has 0 saturated carbocycles. The fraction of sp³-hybridized carbons (Fsp3) is 0.375. The van der Waals surface area contributed by atoms with Crippen LogP contribution in [0.4, 0.5) is 0 Å². The van der Waals surface area contributed by atoms with Gasteiger partial charge < -0.3 is 10.1 Å². The minimum Gasteiger partial charge on any atom is -0.481 e. The maximum Gasteiger partial charge on any atom is 0.234 e. The van der Waals surface area contributed by atoms with Gasteiger partial charge in [0.1, 0.15) is 0 Å². The van der Waals surface area contributed by atoms with Crippen molar-refractivity contribution in [1.82, 2.24) is 15.2 Å². The molecular weight excluding hydrogens is 298 g/mol. The van der Waals surface area contributed by atoms with E-state index < -0.39 is 0 Å². The molecule has 6 heteroatoms. The Morgan fingerprint density at radius 3 is 3.27 bits per heavy atom. The Morgan fingerprint density at radius 1 is 1.50 bits per heavy atom. The molecule has 0 fully saturated rings. The number of carbonyl (C=O) groups excluding carboxylic acids is 1. The lowest BCUT2D eigenvalue weighted by Crippen LogP contribution is -2.39. The van der Waals surface area contributed by atoms with E-state index in [2.05, 4.69) is 26.6 Å². The highest BCUT2D eigenvalue weighted by atomic mass is 32.1. The van der Waals surface area contributed by atoms with E-state index in [-0.39, 0.29) is 5.91 Å². The SMILES string of the molecule is COc1ncccc1CNC(=O)CN1CCc2sccc2C1. The van der Waals surface area contributed by atoms with Gasteiger partial charge in [0.15, 0.2) is 0 Å². The summed E-state index contributed by atoms with van der Waals surface area (Å²) in [7, 11) is 1.58. The van der Waals surface area contributed by atoms with E-state index in [1.807, 2.05) is 23.5 Å². The molecule has 0 spiro atoms. The van der Waals surface area contributed by atoms with Gasteiger partial charge in [0.05, 0.1) is 13.7 Å². The number of rotatable bonds is 5. The zero-order valence-electron chi connectivity index (χ0n) is 12.5. The topological polar surface area (TPSA) is 54.5 Å². The number of thiophene rings is 1. The zero-order valence-corrected chi connectivity index (χ0v) is 13.4. The summed E-state index contributed by atoms with van der Waals surface area (Å²) < 4.78 is 5.19. The highest BCUT2D eigenvalue weighted by Crippen LogP contribution is 2.23. The van der Waals surface area contributed by atoms with Gasteiger partial charge in [-0.3, -0.25) is 9.69 Å². The van der Waals surface area contributed by atoms with Crippen LogP contribution in [0.3, 0.4) is 0 Å². The summed E-state index contributed by atoms with van der Waals surface area (Å²) in [4.78, 5) is 19.9. The van der Waals surface area contributed by atoms with Crippen molar-refractivity contribution in [2.75, 3.05) is 20.2 Å². The normalized spacial score (nSPS) is 14.4. The number of nitrogens with one attached hydrogen (secondary N) is 1. The van der Waals surface area contributed by atoms with Crippen LogP contribution in [0.25, 0.3) is 0 Å². The predicted molar refractivity (Wildman–Crippen MR) is 85.9 cm³/mol. The average molecular weight is 317 g/mol. The molecule has 1 N–H and O–H groups in total. The fourth-order valence-electron chi connectivity index (χ4n) is 2.64. The van der Waals surface area contributed by atoms with Crippen molar-refractivity contribution < 1.29 is 9.53 Å². The third-order valence-electron chi connectivity index (χ3n) is 3.77. The molecule has 0 aromatic carbocycles. The first-order valence-corrected chi connectivity index (χ1v) is 8.16. The molecular formula is C16H19N3O2S. The lowest BCUT2D eigenvalue weighted by atomic mass is 10.1. The maximum absolute atomic E-state index is 12.1. The molecule has 2 aromatic rings. The fourth-order valence-corrected chi connectivity index (χ4v) is 3.53. The van der Waals surface area contributed by atoms with Gasteiger partial charge in [0, 0.05) is 36.3 Å². The van der Waals surface area contributed by atoms with E-state index in [1.165, 1.54) is 10.4 Å². The van der Waals surface area contributed by atoms with Crippen LogP contribution in [-0.2, 0) is 24.3 Å². The molecule has 116 valence electrons. The molecule has 0 unspecified atom stereocenters. The Kier molecular flexibility index (Phi) is 4.70. The highest BCUT2D eigenvalue weighted by molar-refractivity contribution is 7.10. The first-order valence-electron chi connectivity index (χ1n) is 7.28. The van der Waals surface area contributed by atoms with Crippen molar-refractivity contribution >= 4 is 17.2 Å². The second kappa shape index (κ2) is 6.89. The number of amides is 1. The molecule has 3 rings (SSSR count). The molecule has 0 aliphatic carbocycles. The minimum atomic E-state index is 0.0320. The van der Waals surface area contributed by atoms with E-state index in [0.29, 0.717) is 19.0 Å². The number of carbonyl (C=O) groups is 1. The summed E-state index contributed by atoms with van der Waals surface area (Å²) in [6, 6.07) is 5.90. The average Bonchev–Trinajstić information content (AvgIpc) is 3.01. The zero-order chi connectivity index (χ0) is 15.4. The van der Waals surface area contributed by atoms with Crippen LogP contribution in [-0.4, -0.2) is 36.0 Å². The predicted octanol–water partition coefficient (Wildman–Crippen LogP) is 1.83. The Hall–Kier alpha value is -1.92. The van der Waals surface area contributed by atoms with Crippen LogP contribution >= 0.6 is 11.3 Å². The largest absolute Gasteiger partial charge is 0.481 e. The third-order valence-corrected chi connectivity index (χ3v) is 4.80. The number of hydrogen-bond acceptors (Lipinski definition) is 5. The number of aromatic nitrogens is 1. The molecule has 0 bridgehead atoms. The molecule has 22 heavy (non-hydrogen) atoms. The summed E-state index contributed by atoms with van der Waals surface area (Å²) in [6.45, 7) is 2.67. The van der Waals surface area contributed by atoms with Gasteiger partial charge in [-0.25, -0.2) is 4.98 Å². The van der Waals surface area contributed by atoms with Gasteiger partial charge in [-0.05, 0) is 29.5 Å². The molecule has 1 aliphatic heterocycles. The van der Waals surface area contributed by atoms with Crippen LogP contribution in [0.15, 0.2) is 29.8 Å². The number of pyridine rings is 1. The van der Waals surface area contributed by atoms with Gasteiger partial charge in [-0.2, -0.15) is 0 Å². The summed E-state index contributed by atoms with van der Waals surface area (Å²) >= 11 is 1.81. The molecule has 2 aromatic heterocycles. The quantitative estimate of drug-likeness (QED) is 0.914. The standard InChI is InChI=1S/C16H19N3O2S/c1-21-16-12(3-2-6-17-16)9-18-15(20)11-19-7-4-14-13(10-19)5-8-22-14/h2-3,5-6,8H,4,7,9-11H2,1H3,(H,18,20). The number of fused-ring (bicyclic) bond motifs is 1. The molecule has 0 radical (unpaired) electrons. The second-order valence-electron chi connectivity index (χ2n) is 5.28. The van der Waals surface area contributed by atoms with Gasteiger partial charge >= 0.3 is 0 Å². The van der Waals surface area contributed by atoms with E-state index >= 15 is 0 Å². The molecule has 5 nitrogen and oxygen atoms in total. The van der Waals surface area contributed by atoms with Crippen LogP contribution in [0.5, 0.6) is 5.88 Å². The second-order valence-corrected chi connectivity index (χ2v) is 6.28. The highest BCUT2D eigenvalue weighted by Gasteiger charge is 2.19. The van der Waals surface area contributed by atoms with Gasteiger partial charge in [0.25, 0.3) is 0 Å². The summed E-state index contributed by atoms with van der Waals surface area (Å²) in [5.74, 6) is 0.591.